The summed E-state index contributed by atoms with van der Waals surface area (Å²) in [5.74, 6) is 0.616. The molecule has 1 amide bonds. The summed E-state index contributed by atoms with van der Waals surface area (Å²) in [6, 6.07) is 4.05. The van der Waals surface area contributed by atoms with Gasteiger partial charge in [-0.2, -0.15) is 0 Å². The first-order valence-electron chi connectivity index (χ1n) is 6.65. The van der Waals surface area contributed by atoms with E-state index in [2.05, 4.69) is 5.32 Å². The number of hydrogen-bond acceptors (Lipinski definition) is 6. The van der Waals surface area contributed by atoms with Crippen molar-refractivity contribution < 1.29 is 23.9 Å². The predicted octanol–water partition coefficient (Wildman–Crippen LogP) is 2.51. The van der Waals surface area contributed by atoms with Crippen LogP contribution in [-0.4, -0.2) is 36.9 Å². The third-order valence-corrected chi connectivity index (χ3v) is 2.39. The van der Waals surface area contributed by atoms with Gasteiger partial charge in [-0.15, -0.1) is 0 Å². The van der Waals surface area contributed by atoms with Crippen LogP contribution in [0.15, 0.2) is 18.2 Å². The lowest BCUT2D eigenvalue weighted by atomic mass is 10.2. The molecule has 0 unspecified atom stereocenters. The molecular formula is C14H20N2O6. The molecule has 0 atom stereocenters. The molecule has 1 aromatic carbocycles. The Morgan fingerprint density at radius 1 is 1.32 bits per heavy atom. The van der Waals surface area contributed by atoms with Gasteiger partial charge in [0.2, 0.25) is 0 Å². The number of rotatable bonds is 6. The molecule has 0 bridgehead atoms. The smallest absolute Gasteiger partial charge is 0.407 e. The minimum absolute atomic E-state index is 0.101. The number of ether oxygens (including phenoxy) is 3. The number of amides is 1. The molecule has 0 radical (unpaired) electrons. The Hall–Kier alpha value is -2.51. The second-order valence-electron chi connectivity index (χ2n) is 5.37. The average molecular weight is 312 g/mol. The van der Waals surface area contributed by atoms with Crippen molar-refractivity contribution in [3.63, 3.8) is 0 Å². The Balaban J connectivity index is 2.52. The van der Waals surface area contributed by atoms with E-state index in [0.717, 1.165) is 0 Å². The first-order chi connectivity index (χ1) is 10.2. The molecule has 1 N–H and O–H groups in total. The molecule has 0 aliphatic heterocycles. The molecule has 0 saturated heterocycles. The molecule has 0 aliphatic rings. The molecule has 1 aromatic rings. The molecule has 22 heavy (non-hydrogen) atoms. The van der Waals surface area contributed by atoms with Crippen molar-refractivity contribution in [3.05, 3.63) is 28.3 Å². The van der Waals surface area contributed by atoms with Crippen molar-refractivity contribution in [1.82, 2.24) is 5.32 Å². The maximum absolute atomic E-state index is 11.4. The zero-order chi connectivity index (χ0) is 16.8. The minimum atomic E-state index is -0.575. The van der Waals surface area contributed by atoms with Crippen molar-refractivity contribution in [2.75, 3.05) is 20.3 Å². The summed E-state index contributed by atoms with van der Waals surface area (Å²) in [4.78, 5) is 21.7. The van der Waals surface area contributed by atoms with E-state index in [9.17, 15) is 14.9 Å². The molecule has 8 heteroatoms. The highest BCUT2D eigenvalue weighted by atomic mass is 16.6. The summed E-state index contributed by atoms with van der Waals surface area (Å²) in [5.41, 5.74) is -0.676. The van der Waals surface area contributed by atoms with Gasteiger partial charge in [0, 0.05) is 6.07 Å². The van der Waals surface area contributed by atoms with Gasteiger partial charge < -0.3 is 19.5 Å². The van der Waals surface area contributed by atoms with Gasteiger partial charge in [0.15, 0.2) is 11.5 Å². The zero-order valence-electron chi connectivity index (χ0n) is 13.0. The van der Waals surface area contributed by atoms with Gasteiger partial charge >= 0.3 is 6.09 Å². The Morgan fingerprint density at radius 2 is 2.00 bits per heavy atom. The van der Waals surface area contributed by atoms with Crippen LogP contribution >= 0.6 is 0 Å². The zero-order valence-corrected chi connectivity index (χ0v) is 13.0. The predicted molar refractivity (Wildman–Crippen MR) is 79.4 cm³/mol. The molecular weight excluding hydrogens is 292 g/mol. The first kappa shape index (κ1) is 17.5. The lowest BCUT2D eigenvalue weighted by Gasteiger charge is -2.19. The lowest BCUT2D eigenvalue weighted by molar-refractivity contribution is -0.385. The molecule has 0 saturated carbocycles. The van der Waals surface area contributed by atoms with Crippen LogP contribution in [0.2, 0.25) is 0 Å². The summed E-state index contributed by atoms with van der Waals surface area (Å²) in [5, 5.41) is 13.3. The molecule has 0 heterocycles. The highest BCUT2D eigenvalue weighted by Gasteiger charge is 2.16. The standard InChI is InChI=1S/C14H20N2O6/c1-14(2,3)22-13(17)15-7-8-21-12-9-10(16(18)19)5-6-11(12)20-4/h5-6,9H,7-8H2,1-4H3,(H,15,17). The molecule has 1 rings (SSSR count). The van der Waals surface area contributed by atoms with Crippen LogP contribution in [-0.2, 0) is 4.74 Å². The van der Waals surface area contributed by atoms with E-state index in [-0.39, 0.29) is 24.6 Å². The number of non-ortho nitro benzene ring substituents is 1. The summed E-state index contributed by atoms with van der Waals surface area (Å²) in [7, 11) is 1.44. The van der Waals surface area contributed by atoms with E-state index in [1.807, 2.05) is 0 Å². The van der Waals surface area contributed by atoms with E-state index < -0.39 is 16.6 Å². The normalized spacial score (nSPS) is 10.7. The van der Waals surface area contributed by atoms with Crippen LogP contribution in [0, 0.1) is 10.1 Å². The van der Waals surface area contributed by atoms with E-state index in [4.69, 9.17) is 14.2 Å². The topological polar surface area (TPSA) is 99.9 Å². The van der Waals surface area contributed by atoms with Crippen molar-refractivity contribution in [1.29, 1.82) is 0 Å². The highest BCUT2D eigenvalue weighted by Crippen LogP contribution is 2.30. The van der Waals surface area contributed by atoms with Crippen LogP contribution in [0.4, 0.5) is 10.5 Å². The molecule has 0 spiro atoms. The minimum Gasteiger partial charge on any atom is -0.493 e. The first-order valence-corrected chi connectivity index (χ1v) is 6.65. The molecule has 0 fully saturated rings. The van der Waals surface area contributed by atoms with Crippen molar-refractivity contribution in [2.45, 2.75) is 26.4 Å². The average Bonchev–Trinajstić information content (AvgIpc) is 2.41. The van der Waals surface area contributed by atoms with Crippen LogP contribution in [0.25, 0.3) is 0 Å². The second-order valence-corrected chi connectivity index (χ2v) is 5.37. The maximum atomic E-state index is 11.4. The SMILES string of the molecule is COc1ccc([N+](=O)[O-])cc1OCCNC(=O)OC(C)(C)C. The Kier molecular flexibility index (Phi) is 5.97. The van der Waals surface area contributed by atoms with E-state index in [0.29, 0.717) is 5.75 Å². The maximum Gasteiger partial charge on any atom is 0.407 e. The molecule has 122 valence electrons. The molecule has 8 nitrogen and oxygen atoms in total. The summed E-state index contributed by atoms with van der Waals surface area (Å²) in [6.07, 6.45) is -0.554. The number of alkyl carbamates (subject to hydrolysis) is 1. The largest absolute Gasteiger partial charge is 0.493 e. The summed E-state index contributed by atoms with van der Waals surface area (Å²) in [6.45, 7) is 5.60. The van der Waals surface area contributed by atoms with Gasteiger partial charge in [0.1, 0.15) is 12.2 Å². The number of nitrogens with zero attached hydrogens (tertiary/aromatic N) is 1. The number of carbonyl (C=O) groups is 1. The van der Waals surface area contributed by atoms with Gasteiger partial charge in [-0.3, -0.25) is 10.1 Å². The number of hydrogen-bond donors (Lipinski definition) is 1. The van der Waals surface area contributed by atoms with E-state index in [1.165, 1.54) is 25.3 Å². The summed E-state index contributed by atoms with van der Waals surface area (Å²) < 4.78 is 15.5. The third-order valence-electron chi connectivity index (χ3n) is 2.39. The Bertz CT molecular complexity index is 539. The number of nitro benzene ring substituents is 1. The highest BCUT2D eigenvalue weighted by molar-refractivity contribution is 5.67. The Labute approximate surface area is 128 Å². The number of nitrogens with one attached hydrogen (secondary N) is 1. The van der Waals surface area contributed by atoms with Crippen molar-refractivity contribution >= 4 is 11.8 Å². The fourth-order valence-electron chi connectivity index (χ4n) is 1.52. The van der Waals surface area contributed by atoms with Gasteiger partial charge in [0.05, 0.1) is 24.6 Å². The van der Waals surface area contributed by atoms with Crippen LogP contribution in [0.1, 0.15) is 20.8 Å². The van der Waals surface area contributed by atoms with Crippen LogP contribution < -0.4 is 14.8 Å². The number of methoxy groups -OCH3 is 1. The number of nitro groups is 1. The lowest BCUT2D eigenvalue weighted by Crippen LogP contribution is -2.34. The molecule has 0 aromatic heterocycles. The fourth-order valence-corrected chi connectivity index (χ4v) is 1.52. The van der Waals surface area contributed by atoms with Gasteiger partial charge in [-0.1, -0.05) is 0 Å². The van der Waals surface area contributed by atoms with E-state index >= 15 is 0 Å². The third kappa shape index (κ3) is 5.86. The van der Waals surface area contributed by atoms with Gasteiger partial charge in [0.25, 0.3) is 5.69 Å². The van der Waals surface area contributed by atoms with Crippen LogP contribution in [0.5, 0.6) is 11.5 Å². The van der Waals surface area contributed by atoms with Gasteiger partial charge in [-0.05, 0) is 26.8 Å². The van der Waals surface area contributed by atoms with Crippen LogP contribution in [0.3, 0.4) is 0 Å². The number of carbonyl (C=O) groups excluding carboxylic acids is 1. The summed E-state index contributed by atoms with van der Waals surface area (Å²) >= 11 is 0. The fraction of sp³-hybridized carbons (Fsp3) is 0.500. The van der Waals surface area contributed by atoms with Crippen molar-refractivity contribution in [3.8, 4) is 11.5 Å². The Morgan fingerprint density at radius 3 is 2.55 bits per heavy atom. The quantitative estimate of drug-likeness (QED) is 0.492. The van der Waals surface area contributed by atoms with Crippen molar-refractivity contribution in [2.24, 2.45) is 0 Å². The molecule has 0 aliphatic carbocycles. The second kappa shape index (κ2) is 7.48. The van der Waals surface area contributed by atoms with E-state index in [1.54, 1.807) is 20.8 Å². The number of benzene rings is 1. The monoisotopic (exact) mass is 312 g/mol. The van der Waals surface area contributed by atoms with Gasteiger partial charge in [-0.25, -0.2) is 4.79 Å².